The van der Waals surface area contributed by atoms with Gasteiger partial charge >= 0.3 is 0 Å². The highest BCUT2D eigenvalue weighted by atomic mass is 15.2. The van der Waals surface area contributed by atoms with Crippen LogP contribution in [-0.2, 0) is 0 Å². The average Bonchev–Trinajstić information content (AvgIpc) is 2.65. The summed E-state index contributed by atoms with van der Waals surface area (Å²) in [7, 11) is 0. The molecule has 0 aromatic rings. The van der Waals surface area contributed by atoms with Gasteiger partial charge in [-0.1, -0.05) is 27.7 Å². The minimum Gasteiger partial charge on any atom is -0.312 e. The molecular weight excluding hydrogens is 208 g/mol. The second kappa shape index (κ2) is 6.75. The van der Waals surface area contributed by atoms with E-state index < -0.39 is 0 Å². The molecule has 1 unspecified atom stereocenters. The van der Waals surface area contributed by atoms with Crippen LogP contribution < -0.4 is 5.32 Å². The van der Waals surface area contributed by atoms with Crippen LogP contribution in [0.4, 0.5) is 0 Å². The predicted molar refractivity (Wildman–Crippen MR) is 76.3 cm³/mol. The molecule has 1 aliphatic rings. The Morgan fingerprint density at radius 3 is 2.06 bits per heavy atom. The maximum atomic E-state index is 3.79. The van der Waals surface area contributed by atoms with E-state index in [4.69, 9.17) is 0 Å². The number of hydrogen-bond acceptors (Lipinski definition) is 2. The Hall–Kier alpha value is -0.0800. The van der Waals surface area contributed by atoms with Crippen LogP contribution in [0.2, 0.25) is 0 Å². The van der Waals surface area contributed by atoms with Gasteiger partial charge < -0.3 is 5.32 Å². The van der Waals surface area contributed by atoms with Gasteiger partial charge in [0.2, 0.25) is 0 Å². The van der Waals surface area contributed by atoms with Gasteiger partial charge in [-0.3, -0.25) is 4.90 Å². The van der Waals surface area contributed by atoms with Crippen LogP contribution in [0.15, 0.2) is 0 Å². The van der Waals surface area contributed by atoms with Crippen LogP contribution in [0.1, 0.15) is 48.0 Å². The third-order valence-electron chi connectivity index (χ3n) is 4.30. The first kappa shape index (κ1) is 15.0. The molecule has 0 spiro atoms. The van der Waals surface area contributed by atoms with Gasteiger partial charge in [0.15, 0.2) is 0 Å². The van der Waals surface area contributed by atoms with Crippen LogP contribution in [0.5, 0.6) is 0 Å². The van der Waals surface area contributed by atoms with Crippen molar-refractivity contribution in [2.24, 2.45) is 17.8 Å². The van der Waals surface area contributed by atoms with Crippen molar-refractivity contribution in [1.29, 1.82) is 0 Å². The molecule has 0 radical (unpaired) electrons. The lowest BCUT2D eigenvalue weighted by Gasteiger charge is -2.27. The highest BCUT2D eigenvalue weighted by Gasteiger charge is 2.25. The molecule has 1 aliphatic heterocycles. The minimum absolute atomic E-state index is 0.702. The Balaban J connectivity index is 2.31. The number of nitrogens with one attached hydrogen (secondary N) is 1. The fourth-order valence-electron chi connectivity index (χ4n) is 2.97. The van der Waals surface area contributed by atoms with Crippen molar-refractivity contribution in [3.63, 3.8) is 0 Å². The zero-order valence-electron chi connectivity index (χ0n) is 12.7. The highest BCUT2D eigenvalue weighted by molar-refractivity contribution is 4.84. The van der Waals surface area contributed by atoms with Gasteiger partial charge in [-0.2, -0.15) is 0 Å². The molecule has 0 aromatic heterocycles. The van der Waals surface area contributed by atoms with Gasteiger partial charge in [0.1, 0.15) is 0 Å². The topological polar surface area (TPSA) is 15.3 Å². The van der Waals surface area contributed by atoms with Gasteiger partial charge in [0.25, 0.3) is 0 Å². The quantitative estimate of drug-likeness (QED) is 0.768. The normalized spacial score (nSPS) is 22.6. The highest BCUT2D eigenvalue weighted by Crippen LogP contribution is 2.20. The van der Waals surface area contributed by atoms with E-state index in [1.54, 1.807) is 0 Å². The largest absolute Gasteiger partial charge is 0.312 e. The molecule has 1 rings (SSSR count). The fourth-order valence-corrected chi connectivity index (χ4v) is 2.97. The predicted octanol–water partition coefficient (Wildman–Crippen LogP) is 2.99. The molecule has 0 aromatic carbocycles. The zero-order valence-corrected chi connectivity index (χ0v) is 12.7. The van der Waals surface area contributed by atoms with E-state index in [1.165, 1.54) is 26.1 Å². The molecule has 102 valence electrons. The summed E-state index contributed by atoms with van der Waals surface area (Å²) in [4.78, 5) is 2.58. The van der Waals surface area contributed by atoms with Crippen molar-refractivity contribution < 1.29 is 0 Å². The fraction of sp³-hybridized carbons (Fsp3) is 1.00. The maximum Gasteiger partial charge on any atom is 0.0207 e. The van der Waals surface area contributed by atoms with Gasteiger partial charge in [-0.05, 0) is 51.1 Å². The first-order valence-corrected chi connectivity index (χ1v) is 7.39. The number of hydrogen-bond donors (Lipinski definition) is 1. The molecule has 1 saturated heterocycles. The van der Waals surface area contributed by atoms with E-state index >= 15 is 0 Å². The molecule has 1 heterocycles. The molecule has 1 N–H and O–H groups in total. The Labute approximate surface area is 108 Å². The first-order valence-electron chi connectivity index (χ1n) is 7.39. The maximum absolute atomic E-state index is 3.79. The Bertz CT molecular complexity index is 203. The summed E-state index contributed by atoms with van der Waals surface area (Å²) < 4.78 is 0. The van der Waals surface area contributed by atoms with Crippen LogP contribution in [0.3, 0.4) is 0 Å². The SMILES string of the molecule is CC(C)C(CNC1CCN(C(C)C)C1)C(C)C. The van der Waals surface area contributed by atoms with Crippen molar-refractivity contribution in [3.8, 4) is 0 Å². The van der Waals surface area contributed by atoms with E-state index in [-0.39, 0.29) is 0 Å². The molecule has 0 bridgehead atoms. The van der Waals surface area contributed by atoms with Crippen molar-refractivity contribution >= 4 is 0 Å². The number of nitrogens with zero attached hydrogens (tertiary/aromatic N) is 1. The van der Waals surface area contributed by atoms with Crippen molar-refractivity contribution in [2.45, 2.75) is 60.0 Å². The molecule has 0 saturated carbocycles. The second-order valence-electron chi connectivity index (χ2n) is 6.63. The summed E-state index contributed by atoms with van der Waals surface area (Å²) in [6.07, 6.45) is 1.32. The summed E-state index contributed by atoms with van der Waals surface area (Å²) in [5.74, 6) is 2.37. The molecule has 1 fully saturated rings. The van der Waals surface area contributed by atoms with Crippen LogP contribution in [0, 0.1) is 17.8 Å². The van der Waals surface area contributed by atoms with Crippen molar-refractivity contribution in [3.05, 3.63) is 0 Å². The Kier molecular flexibility index (Phi) is 5.94. The van der Waals surface area contributed by atoms with E-state index in [9.17, 15) is 0 Å². The zero-order chi connectivity index (χ0) is 13.0. The molecule has 1 atom stereocenters. The lowest BCUT2D eigenvalue weighted by atomic mass is 9.85. The van der Waals surface area contributed by atoms with E-state index in [0.717, 1.165) is 23.8 Å². The monoisotopic (exact) mass is 240 g/mol. The molecule has 2 nitrogen and oxygen atoms in total. The van der Waals surface area contributed by atoms with Crippen molar-refractivity contribution in [2.75, 3.05) is 19.6 Å². The summed E-state index contributed by atoms with van der Waals surface area (Å²) in [5.41, 5.74) is 0. The lowest BCUT2D eigenvalue weighted by Crippen LogP contribution is -2.39. The minimum atomic E-state index is 0.702. The smallest absolute Gasteiger partial charge is 0.0207 e. The van der Waals surface area contributed by atoms with Crippen LogP contribution in [0.25, 0.3) is 0 Å². The number of rotatable bonds is 6. The van der Waals surface area contributed by atoms with E-state index in [1.807, 2.05) is 0 Å². The molecule has 0 amide bonds. The van der Waals surface area contributed by atoms with Gasteiger partial charge in [-0.15, -0.1) is 0 Å². The van der Waals surface area contributed by atoms with Crippen LogP contribution >= 0.6 is 0 Å². The Morgan fingerprint density at radius 2 is 1.65 bits per heavy atom. The summed E-state index contributed by atoms with van der Waals surface area (Å²) >= 11 is 0. The molecule has 17 heavy (non-hydrogen) atoms. The van der Waals surface area contributed by atoms with Gasteiger partial charge in [0.05, 0.1) is 0 Å². The lowest BCUT2D eigenvalue weighted by molar-refractivity contribution is 0.248. The second-order valence-corrected chi connectivity index (χ2v) is 6.63. The van der Waals surface area contributed by atoms with Gasteiger partial charge in [-0.25, -0.2) is 0 Å². The standard InChI is InChI=1S/C15H32N2/c1-11(2)15(12(3)4)9-16-14-7-8-17(10-14)13(5)6/h11-16H,7-10H2,1-6H3. The van der Waals surface area contributed by atoms with Gasteiger partial charge in [0, 0.05) is 18.6 Å². The van der Waals surface area contributed by atoms with E-state index in [2.05, 4.69) is 51.8 Å². The Morgan fingerprint density at radius 1 is 1.06 bits per heavy atom. The summed E-state index contributed by atoms with van der Waals surface area (Å²) in [6.45, 7) is 17.7. The third kappa shape index (κ3) is 4.59. The molecule has 0 aliphatic carbocycles. The summed E-state index contributed by atoms with van der Waals surface area (Å²) in [6, 6.07) is 1.42. The summed E-state index contributed by atoms with van der Waals surface area (Å²) in [5, 5.41) is 3.79. The molecule has 2 heteroatoms. The first-order chi connectivity index (χ1) is 7.91. The van der Waals surface area contributed by atoms with E-state index in [0.29, 0.717) is 6.04 Å². The van der Waals surface area contributed by atoms with Crippen molar-refractivity contribution in [1.82, 2.24) is 10.2 Å². The molecular formula is C15H32N2. The number of likely N-dealkylation sites (tertiary alicyclic amines) is 1. The third-order valence-corrected chi connectivity index (χ3v) is 4.30. The average molecular weight is 240 g/mol. The van der Waals surface area contributed by atoms with Crippen LogP contribution in [-0.4, -0.2) is 36.6 Å².